The second-order valence-corrected chi connectivity index (χ2v) is 5.55. The van der Waals surface area contributed by atoms with Gasteiger partial charge in [-0.25, -0.2) is 9.97 Å². The number of hydrogen-bond acceptors (Lipinski definition) is 4. The summed E-state index contributed by atoms with van der Waals surface area (Å²) < 4.78 is 5.65. The molecule has 1 saturated heterocycles. The molecule has 0 aliphatic carbocycles. The van der Waals surface area contributed by atoms with Gasteiger partial charge in [-0.05, 0) is 25.8 Å². The third kappa shape index (κ3) is 2.49. The smallest absolute Gasteiger partial charge is 0.127 e. The molecular weight excluding hydrogens is 244 g/mol. The molecule has 1 aliphatic heterocycles. The third-order valence-corrected chi connectivity index (χ3v) is 4.23. The molecule has 2 heterocycles. The molecular formula is C14H16N2OS. The van der Waals surface area contributed by atoms with E-state index in [-0.39, 0.29) is 0 Å². The normalized spacial score (nSPS) is 19.5. The number of aromatic nitrogens is 2. The maximum absolute atomic E-state index is 5.65. The van der Waals surface area contributed by atoms with E-state index in [2.05, 4.69) is 16.0 Å². The van der Waals surface area contributed by atoms with Gasteiger partial charge in [0.15, 0.2) is 0 Å². The molecule has 3 rings (SSSR count). The molecule has 1 unspecified atom stereocenters. The van der Waals surface area contributed by atoms with Crippen molar-refractivity contribution < 1.29 is 4.74 Å². The molecule has 0 amide bonds. The van der Waals surface area contributed by atoms with E-state index in [9.17, 15) is 0 Å². The molecule has 1 aromatic carbocycles. The zero-order chi connectivity index (χ0) is 12.4. The summed E-state index contributed by atoms with van der Waals surface area (Å²) in [6, 6.07) is 8.19. The van der Waals surface area contributed by atoms with Gasteiger partial charge in [-0.3, -0.25) is 0 Å². The van der Waals surface area contributed by atoms with Crippen LogP contribution >= 0.6 is 11.8 Å². The van der Waals surface area contributed by atoms with Crippen molar-refractivity contribution in [1.29, 1.82) is 0 Å². The Morgan fingerprint density at radius 1 is 1.33 bits per heavy atom. The standard InChI is InChI=1S/C14H16N2OS/c1-10-15-13-7-3-2-6-12(13)14(16-10)18-9-11-5-4-8-17-11/h2-3,6-7,11H,4-5,8-9H2,1H3. The molecule has 1 fully saturated rings. The molecule has 3 nitrogen and oxygen atoms in total. The molecule has 1 atom stereocenters. The number of para-hydroxylation sites is 1. The SMILES string of the molecule is Cc1nc(SCC2CCCO2)c2ccccc2n1. The monoisotopic (exact) mass is 260 g/mol. The van der Waals surface area contributed by atoms with Gasteiger partial charge in [-0.1, -0.05) is 18.2 Å². The topological polar surface area (TPSA) is 35.0 Å². The van der Waals surface area contributed by atoms with Crippen LogP contribution in [-0.2, 0) is 4.74 Å². The van der Waals surface area contributed by atoms with Gasteiger partial charge in [-0.15, -0.1) is 11.8 Å². The van der Waals surface area contributed by atoms with Crippen molar-refractivity contribution in [3.05, 3.63) is 30.1 Å². The second-order valence-electron chi connectivity index (χ2n) is 4.54. The molecule has 1 aromatic heterocycles. The lowest BCUT2D eigenvalue weighted by Gasteiger charge is -2.10. The Hall–Kier alpha value is -1.13. The van der Waals surface area contributed by atoms with Crippen molar-refractivity contribution in [1.82, 2.24) is 9.97 Å². The van der Waals surface area contributed by atoms with Gasteiger partial charge in [-0.2, -0.15) is 0 Å². The van der Waals surface area contributed by atoms with Crippen LogP contribution in [0.5, 0.6) is 0 Å². The third-order valence-electron chi connectivity index (χ3n) is 3.11. The van der Waals surface area contributed by atoms with Crippen molar-refractivity contribution in [2.45, 2.75) is 30.9 Å². The minimum absolute atomic E-state index is 0.393. The summed E-state index contributed by atoms with van der Waals surface area (Å²) >= 11 is 1.79. The number of hydrogen-bond donors (Lipinski definition) is 0. The van der Waals surface area contributed by atoms with E-state index in [1.165, 1.54) is 12.8 Å². The Morgan fingerprint density at radius 2 is 2.22 bits per heavy atom. The molecule has 0 N–H and O–H groups in total. The molecule has 4 heteroatoms. The lowest BCUT2D eigenvalue weighted by Crippen LogP contribution is -2.08. The highest BCUT2D eigenvalue weighted by Gasteiger charge is 2.16. The Balaban J connectivity index is 1.85. The van der Waals surface area contributed by atoms with Crippen LogP contribution in [-0.4, -0.2) is 28.4 Å². The average Bonchev–Trinajstić information content (AvgIpc) is 2.89. The Morgan fingerprint density at radius 3 is 3.06 bits per heavy atom. The van der Waals surface area contributed by atoms with Crippen LogP contribution in [0.4, 0.5) is 0 Å². The summed E-state index contributed by atoms with van der Waals surface area (Å²) in [5.74, 6) is 1.82. The van der Waals surface area contributed by atoms with Crippen LogP contribution in [0.1, 0.15) is 18.7 Å². The van der Waals surface area contributed by atoms with E-state index in [4.69, 9.17) is 4.74 Å². The van der Waals surface area contributed by atoms with Gasteiger partial charge in [0, 0.05) is 17.7 Å². The lowest BCUT2D eigenvalue weighted by molar-refractivity contribution is 0.129. The van der Waals surface area contributed by atoms with Crippen LogP contribution < -0.4 is 0 Å². The highest BCUT2D eigenvalue weighted by atomic mass is 32.2. The van der Waals surface area contributed by atoms with Gasteiger partial charge in [0.25, 0.3) is 0 Å². The Labute approximate surface area is 111 Å². The number of rotatable bonds is 3. The Bertz CT molecular complexity index is 552. The quantitative estimate of drug-likeness (QED) is 0.627. The maximum Gasteiger partial charge on any atom is 0.127 e. The summed E-state index contributed by atoms with van der Waals surface area (Å²) in [6.07, 6.45) is 2.76. The molecule has 94 valence electrons. The fourth-order valence-corrected chi connectivity index (χ4v) is 3.35. The fraction of sp³-hybridized carbons (Fsp3) is 0.429. The van der Waals surface area contributed by atoms with E-state index in [1.807, 2.05) is 25.1 Å². The van der Waals surface area contributed by atoms with Gasteiger partial charge in [0.2, 0.25) is 0 Å². The van der Waals surface area contributed by atoms with Crippen LogP contribution in [0.15, 0.2) is 29.3 Å². The summed E-state index contributed by atoms with van der Waals surface area (Å²) in [7, 11) is 0. The van der Waals surface area contributed by atoms with Crippen molar-refractivity contribution in [3.8, 4) is 0 Å². The van der Waals surface area contributed by atoms with E-state index >= 15 is 0 Å². The molecule has 0 bridgehead atoms. The first kappa shape index (κ1) is 11.9. The number of nitrogens with zero attached hydrogens (tertiary/aromatic N) is 2. The van der Waals surface area contributed by atoms with Gasteiger partial charge in [0.1, 0.15) is 10.9 Å². The van der Waals surface area contributed by atoms with Gasteiger partial charge >= 0.3 is 0 Å². The van der Waals surface area contributed by atoms with Crippen molar-refractivity contribution in [2.24, 2.45) is 0 Å². The van der Waals surface area contributed by atoms with E-state index in [0.29, 0.717) is 6.10 Å². The van der Waals surface area contributed by atoms with Crippen molar-refractivity contribution in [3.63, 3.8) is 0 Å². The Kier molecular flexibility index (Phi) is 3.48. The summed E-state index contributed by atoms with van der Waals surface area (Å²) in [4.78, 5) is 9.02. The number of ether oxygens (including phenoxy) is 1. The van der Waals surface area contributed by atoms with Gasteiger partial charge in [0.05, 0.1) is 11.6 Å². The summed E-state index contributed by atoms with van der Waals surface area (Å²) in [5.41, 5.74) is 1.03. The predicted molar refractivity (Wildman–Crippen MR) is 74.0 cm³/mol. The molecule has 0 radical (unpaired) electrons. The van der Waals surface area contributed by atoms with E-state index in [0.717, 1.165) is 34.1 Å². The van der Waals surface area contributed by atoms with Crippen molar-refractivity contribution >= 4 is 22.7 Å². The number of thioether (sulfide) groups is 1. The maximum atomic E-state index is 5.65. The average molecular weight is 260 g/mol. The van der Waals surface area contributed by atoms with E-state index in [1.54, 1.807) is 11.8 Å². The minimum Gasteiger partial charge on any atom is -0.377 e. The lowest BCUT2D eigenvalue weighted by atomic mass is 10.2. The zero-order valence-electron chi connectivity index (χ0n) is 10.4. The number of benzene rings is 1. The summed E-state index contributed by atoms with van der Waals surface area (Å²) in [6.45, 7) is 2.86. The zero-order valence-corrected chi connectivity index (χ0v) is 11.2. The molecule has 0 spiro atoms. The van der Waals surface area contributed by atoms with Crippen molar-refractivity contribution in [2.75, 3.05) is 12.4 Å². The molecule has 0 saturated carbocycles. The predicted octanol–water partition coefficient (Wildman–Crippen LogP) is 3.21. The van der Waals surface area contributed by atoms with Crippen LogP contribution in [0, 0.1) is 6.92 Å². The van der Waals surface area contributed by atoms with Crippen LogP contribution in [0.2, 0.25) is 0 Å². The highest BCUT2D eigenvalue weighted by molar-refractivity contribution is 7.99. The summed E-state index contributed by atoms with van der Waals surface area (Å²) in [5, 5.41) is 2.22. The molecule has 2 aromatic rings. The van der Waals surface area contributed by atoms with E-state index < -0.39 is 0 Å². The van der Waals surface area contributed by atoms with Crippen LogP contribution in [0.25, 0.3) is 10.9 Å². The second kappa shape index (κ2) is 5.24. The van der Waals surface area contributed by atoms with Crippen LogP contribution in [0.3, 0.4) is 0 Å². The molecule has 18 heavy (non-hydrogen) atoms. The highest BCUT2D eigenvalue weighted by Crippen LogP contribution is 2.28. The van der Waals surface area contributed by atoms with Gasteiger partial charge < -0.3 is 4.74 Å². The first-order chi connectivity index (χ1) is 8.83. The minimum atomic E-state index is 0.393. The number of fused-ring (bicyclic) bond motifs is 1. The molecule has 1 aliphatic rings. The number of aryl methyl sites for hydroxylation is 1. The fourth-order valence-electron chi connectivity index (χ4n) is 2.22. The first-order valence-electron chi connectivity index (χ1n) is 6.31. The first-order valence-corrected chi connectivity index (χ1v) is 7.29. The largest absolute Gasteiger partial charge is 0.377 e.